The van der Waals surface area contributed by atoms with E-state index < -0.39 is 45.4 Å². The lowest BCUT2D eigenvalue weighted by Crippen LogP contribution is -2.64. The van der Waals surface area contributed by atoms with Crippen LogP contribution in [0.25, 0.3) is 0 Å². The molecule has 1 unspecified atom stereocenters. The van der Waals surface area contributed by atoms with Gasteiger partial charge in [0.05, 0.1) is 11.0 Å². The highest BCUT2D eigenvalue weighted by Crippen LogP contribution is 2.53. The van der Waals surface area contributed by atoms with Gasteiger partial charge in [-0.25, -0.2) is 13.0 Å². The van der Waals surface area contributed by atoms with Crippen LogP contribution in [-0.4, -0.2) is 32.5 Å². The van der Waals surface area contributed by atoms with E-state index in [0.717, 1.165) is 0 Å². The molecule has 152 valence electrons. The second-order valence-electron chi connectivity index (χ2n) is 8.14. The van der Waals surface area contributed by atoms with Gasteiger partial charge in [-0.15, -0.1) is 0 Å². The van der Waals surface area contributed by atoms with E-state index in [1.165, 1.54) is 6.07 Å². The van der Waals surface area contributed by atoms with Crippen molar-refractivity contribution >= 4 is 11.0 Å². The number of aliphatic hydroxyl groups excluding tert-OH is 1. The number of nitrogens with one attached hydrogen (secondary N) is 1. The lowest BCUT2D eigenvalue weighted by atomic mass is 9.62. The van der Waals surface area contributed by atoms with Gasteiger partial charge >= 0.3 is 5.66 Å². The van der Waals surface area contributed by atoms with Crippen LogP contribution < -0.4 is 4.72 Å². The molecule has 0 radical (unpaired) electrons. The topological polar surface area (TPSA) is 92.5 Å². The molecule has 0 saturated heterocycles. The van der Waals surface area contributed by atoms with Crippen molar-refractivity contribution in [3.8, 4) is 0 Å². The normalized spacial score (nSPS) is 25.9. The number of hydrogen-bond acceptors (Lipinski definition) is 4. The van der Waals surface area contributed by atoms with Gasteiger partial charge in [0, 0.05) is 16.2 Å². The molecule has 1 aromatic rings. The Morgan fingerprint density at radius 3 is 2.41 bits per heavy atom. The summed E-state index contributed by atoms with van der Waals surface area (Å²) in [6.07, 6.45) is -0.246. The zero-order valence-electron chi connectivity index (χ0n) is 15.9. The van der Waals surface area contributed by atoms with Crippen molar-refractivity contribution in [2.75, 3.05) is 12.4 Å². The summed E-state index contributed by atoms with van der Waals surface area (Å²) >= 11 is 0. The van der Waals surface area contributed by atoms with Crippen molar-refractivity contribution in [3.63, 3.8) is 0 Å². The van der Waals surface area contributed by atoms with Gasteiger partial charge in [0.15, 0.2) is 0 Å². The van der Waals surface area contributed by atoms with Crippen molar-refractivity contribution in [1.29, 1.82) is 0 Å². The van der Waals surface area contributed by atoms with E-state index in [9.17, 15) is 28.2 Å². The van der Waals surface area contributed by atoms with Crippen molar-refractivity contribution in [1.82, 2.24) is 4.72 Å². The first kappa shape index (κ1) is 21.8. The molecule has 9 heteroatoms. The summed E-state index contributed by atoms with van der Waals surface area (Å²) in [5.41, 5.74) is -2.61. The molecule has 0 fully saturated rings. The van der Waals surface area contributed by atoms with Crippen LogP contribution in [0.4, 0.5) is 8.78 Å². The first-order chi connectivity index (χ1) is 12.4. The Bertz CT molecular complexity index is 742. The Kier molecular flexibility index (Phi) is 6.08. The van der Waals surface area contributed by atoms with E-state index in [1.54, 1.807) is 45.9 Å². The number of alkyl halides is 2. The second kappa shape index (κ2) is 7.52. The summed E-state index contributed by atoms with van der Waals surface area (Å²) in [5, 5.41) is 21.5. The van der Waals surface area contributed by atoms with E-state index in [4.69, 9.17) is 0 Å². The van der Waals surface area contributed by atoms with Crippen LogP contribution in [0.15, 0.2) is 24.3 Å². The van der Waals surface area contributed by atoms with Crippen LogP contribution in [0.3, 0.4) is 0 Å². The summed E-state index contributed by atoms with van der Waals surface area (Å²) in [6.45, 7) is 5.53. The number of nitrogens with zero attached hydrogens (tertiary/aromatic N) is 1. The minimum absolute atomic E-state index is 0.0470. The maximum Gasteiger partial charge on any atom is 0.320 e. The number of aliphatic hydroxyl groups is 1. The van der Waals surface area contributed by atoms with Crippen molar-refractivity contribution in [3.05, 3.63) is 45.5 Å². The van der Waals surface area contributed by atoms with Crippen LogP contribution in [0.5, 0.6) is 0 Å². The van der Waals surface area contributed by atoms with E-state index in [-0.39, 0.29) is 23.7 Å². The zero-order valence-corrected chi connectivity index (χ0v) is 16.7. The highest BCUT2D eigenvalue weighted by molar-refractivity contribution is 7.83. The molecule has 0 spiro atoms. The molecule has 1 aromatic carbocycles. The van der Waals surface area contributed by atoms with Crippen molar-refractivity contribution < 1.29 is 23.0 Å². The quantitative estimate of drug-likeness (QED) is 0.415. The number of halogens is 2. The monoisotopic (exact) mass is 404 g/mol. The van der Waals surface area contributed by atoms with Crippen molar-refractivity contribution in [2.24, 2.45) is 11.8 Å². The molecule has 2 N–H and O–H groups in total. The molecule has 0 bridgehead atoms. The lowest BCUT2D eigenvalue weighted by molar-refractivity contribution is -0.604. The summed E-state index contributed by atoms with van der Waals surface area (Å²) in [4.78, 5) is 11.4. The van der Waals surface area contributed by atoms with Gasteiger partial charge in [0.1, 0.15) is 12.5 Å². The minimum atomic E-state index is -3.73. The molecule has 3 atom stereocenters. The molecule has 0 aliphatic heterocycles. The highest BCUT2D eigenvalue weighted by atomic mass is 32.2. The van der Waals surface area contributed by atoms with Gasteiger partial charge < -0.3 is 5.11 Å². The van der Waals surface area contributed by atoms with Crippen LogP contribution in [0.1, 0.15) is 45.2 Å². The van der Waals surface area contributed by atoms with Gasteiger partial charge in [0.25, 0.3) is 5.92 Å². The van der Waals surface area contributed by atoms with Gasteiger partial charge in [-0.3, -0.25) is 10.1 Å². The second-order valence-corrected chi connectivity index (χ2v) is 9.37. The third-order valence-electron chi connectivity index (χ3n) is 5.05. The van der Waals surface area contributed by atoms with Crippen LogP contribution in [0, 0.1) is 22.0 Å². The Hall–Kier alpha value is -1.45. The van der Waals surface area contributed by atoms with Crippen molar-refractivity contribution in [2.45, 2.75) is 51.1 Å². The summed E-state index contributed by atoms with van der Waals surface area (Å²) in [5.74, 6) is -5.56. The van der Waals surface area contributed by atoms with Crippen LogP contribution in [0.2, 0.25) is 0 Å². The van der Waals surface area contributed by atoms with Gasteiger partial charge in [-0.2, -0.15) is 4.72 Å². The first-order valence-electron chi connectivity index (χ1n) is 8.78. The molecule has 0 amide bonds. The van der Waals surface area contributed by atoms with E-state index in [2.05, 4.69) is 4.72 Å². The molecule has 6 nitrogen and oxygen atoms in total. The third kappa shape index (κ3) is 3.90. The fourth-order valence-corrected chi connectivity index (χ4v) is 5.20. The standard InChI is InChI=1S/C18H26F2N2O4S/c1-12(2)10-27(26)21-18(22(24)25)14-8-6-5-7-13(14)16(3,4)9-15(18)17(19,20)11-23/h5-8,12,15,21,23H,9-11H2,1-4H3/t15?,18-,27-/m1/s1. The molecule has 1 aliphatic rings. The number of rotatable bonds is 7. The predicted molar refractivity (Wildman–Crippen MR) is 99.3 cm³/mol. The SMILES string of the molecule is CC(C)C[S@@](=O)N[C@@]1([N+](=O)[O-])c2ccccc2C(C)(C)CC1C(F)(F)CO. The molecule has 0 heterocycles. The molecule has 0 aromatic heterocycles. The molecule has 0 saturated carbocycles. The summed E-state index contributed by atoms with van der Waals surface area (Å²) < 4.78 is 44.5. The number of fused-ring (bicyclic) bond motifs is 1. The average molecular weight is 404 g/mol. The third-order valence-corrected chi connectivity index (χ3v) is 6.56. The first-order valence-corrected chi connectivity index (χ1v) is 10.1. The average Bonchev–Trinajstić information content (AvgIpc) is 2.56. The largest absolute Gasteiger partial charge is 0.390 e. The van der Waals surface area contributed by atoms with E-state index in [0.29, 0.717) is 5.56 Å². The Balaban J connectivity index is 2.76. The predicted octanol–water partition coefficient (Wildman–Crippen LogP) is 2.95. The Morgan fingerprint density at radius 2 is 1.93 bits per heavy atom. The minimum Gasteiger partial charge on any atom is -0.390 e. The molecule has 2 rings (SSSR count). The van der Waals surface area contributed by atoms with E-state index in [1.807, 2.05) is 0 Å². The molecule has 1 aliphatic carbocycles. The van der Waals surface area contributed by atoms with E-state index >= 15 is 0 Å². The Morgan fingerprint density at radius 1 is 1.37 bits per heavy atom. The van der Waals surface area contributed by atoms with Gasteiger partial charge in [-0.05, 0) is 29.4 Å². The van der Waals surface area contributed by atoms with Crippen LogP contribution >= 0.6 is 0 Å². The smallest absolute Gasteiger partial charge is 0.320 e. The highest BCUT2D eigenvalue weighted by Gasteiger charge is 2.67. The fraction of sp³-hybridized carbons (Fsp3) is 0.667. The number of hydrogen-bond donors (Lipinski definition) is 2. The summed E-state index contributed by atoms with van der Waals surface area (Å²) in [7, 11) is -1.90. The Labute approximate surface area is 160 Å². The van der Waals surface area contributed by atoms with Crippen LogP contribution in [-0.2, 0) is 22.1 Å². The molecular formula is C18H26F2N2O4S. The lowest BCUT2D eigenvalue weighted by Gasteiger charge is -2.46. The van der Waals surface area contributed by atoms with Gasteiger partial charge in [0.2, 0.25) is 0 Å². The maximum atomic E-state index is 14.8. The maximum absolute atomic E-state index is 14.8. The zero-order chi connectivity index (χ0) is 20.6. The number of nitro groups is 1. The molecule has 27 heavy (non-hydrogen) atoms. The molecular weight excluding hydrogens is 378 g/mol. The summed E-state index contributed by atoms with van der Waals surface area (Å²) in [6, 6.07) is 6.34. The van der Waals surface area contributed by atoms with Gasteiger partial charge in [-0.1, -0.05) is 45.9 Å². The number of benzene rings is 1. The fourth-order valence-electron chi connectivity index (χ4n) is 3.83.